The second-order valence-electron chi connectivity index (χ2n) is 4.93. The zero-order valence-electron chi connectivity index (χ0n) is 11.9. The lowest BCUT2D eigenvalue weighted by molar-refractivity contribution is 0.417. The Hall–Kier alpha value is -2.26. The average molecular weight is 299 g/mol. The number of hydrogen-bond acceptors (Lipinski definition) is 3. The minimum absolute atomic E-state index is 0.615. The Morgan fingerprint density at radius 3 is 2.71 bits per heavy atom. The van der Waals surface area contributed by atoms with Crippen LogP contribution in [0.3, 0.4) is 0 Å². The minimum Gasteiger partial charge on any atom is -0.496 e. The van der Waals surface area contributed by atoms with E-state index in [2.05, 4.69) is 4.98 Å². The fraction of sp³-hybridized carbons (Fsp3) is 0.118. The lowest BCUT2D eigenvalue weighted by Crippen LogP contribution is -1.96. The number of benzene rings is 2. The largest absolute Gasteiger partial charge is 0.496 e. The van der Waals surface area contributed by atoms with Crippen LogP contribution in [-0.4, -0.2) is 12.1 Å². The van der Waals surface area contributed by atoms with E-state index in [-0.39, 0.29) is 0 Å². The van der Waals surface area contributed by atoms with Crippen LogP contribution in [0.5, 0.6) is 5.75 Å². The van der Waals surface area contributed by atoms with Gasteiger partial charge < -0.3 is 10.5 Å². The molecule has 3 rings (SSSR count). The summed E-state index contributed by atoms with van der Waals surface area (Å²) in [7, 11) is 1.62. The van der Waals surface area contributed by atoms with E-state index in [0.29, 0.717) is 16.5 Å². The molecule has 21 heavy (non-hydrogen) atoms. The molecule has 0 aliphatic carbocycles. The van der Waals surface area contributed by atoms with Gasteiger partial charge in [0.2, 0.25) is 0 Å². The lowest BCUT2D eigenvalue weighted by Gasteiger charge is -2.15. The summed E-state index contributed by atoms with van der Waals surface area (Å²) in [6.07, 6.45) is 1.74. The highest BCUT2D eigenvalue weighted by Gasteiger charge is 2.16. The second-order valence-corrected chi connectivity index (χ2v) is 5.33. The molecule has 0 aliphatic heterocycles. The van der Waals surface area contributed by atoms with Crippen molar-refractivity contribution in [1.82, 2.24) is 4.98 Å². The van der Waals surface area contributed by atoms with Gasteiger partial charge >= 0.3 is 0 Å². The van der Waals surface area contributed by atoms with Gasteiger partial charge in [0.25, 0.3) is 0 Å². The maximum Gasteiger partial charge on any atom is 0.130 e. The van der Waals surface area contributed by atoms with Gasteiger partial charge in [-0.1, -0.05) is 23.7 Å². The van der Waals surface area contributed by atoms with Crippen molar-refractivity contribution >= 4 is 28.2 Å². The normalized spacial score (nSPS) is 10.8. The zero-order valence-corrected chi connectivity index (χ0v) is 12.6. The predicted molar refractivity (Wildman–Crippen MR) is 87.9 cm³/mol. The summed E-state index contributed by atoms with van der Waals surface area (Å²) in [6, 6.07) is 11.6. The van der Waals surface area contributed by atoms with Gasteiger partial charge in [0.1, 0.15) is 5.75 Å². The number of nitrogens with zero attached hydrogens (tertiary/aromatic N) is 1. The zero-order chi connectivity index (χ0) is 15.0. The number of nitrogen functional groups attached to an aromatic ring is 1. The van der Waals surface area contributed by atoms with Crippen molar-refractivity contribution in [2.45, 2.75) is 6.92 Å². The topological polar surface area (TPSA) is 48.1 Å². The number of nitrogens with two attached hydrogens (primary N) is 1. The molecule has 0 aliphatic rings. The van der Waals surface area contributed by atoms with Crippen LogP contribution in [0.25, 0.3) is 22.0 Å². The van der Waals surface area contributed by atoms with Crippen molar-refractivity contribution in [1.29, 1.82) is 0 Å². The van der Waals surface area contributed by atoms with Crippen LogP contribution in [0, 0.1) is 6.92 Å². The van der Waals surface area contributed by atoms with Crippen LogP contribution in [0.1, 0.15) is 5.56 Å². The monoisotopic (exact) mass is 298 g/mol. The van der Waals surface area contributed by atoms with E-state index in [0.717, 1.165) is 27.6 Å². The molecule has 0 saturated heterocycles. The minimum atomic E-state index is 0.615. The van der Waals surface area contributed by atoms with E-state index in [9.17, 15) is 0 Å². The first-order valence-corrected chi connectivity index (χ1v) is 6.97. The van der Waals surface area contributed by atoms with E-state index < -0.39 is 0 Å². The Morgan fingerprint density at radius 1 is 1.19 bits per heavy atom. The van der Waals surface area contributed by atoms with Crippen molar-refractivity contribution in [2.24, 2.45) is 0 Å². The second kappa shape index (κ2) is 5.26. The number of aromatic nitrogens is 1. The van der Waals surface area contributed by atoms with Crippen LogP contribution in [0.4, 0.5) is 5.69 Å². The van der Waals surface area contributed by atoms with Gasteiger partial charge in [-0.3, -0.25) is 4.98 Å². The van der Waals surface area contributed by atoms with Crippen LogP contribution in [0.15, 0.2) is 42.6 Å². The quantitative estimate of drug-likeness (QED) is 0.711. The number of halogens is 1. The van der Waals surface area contributed by atoms with Crippen molar-refractivity contribution in [2.75, 3.05) is 12.8 Å². The van der Waals surface area contributed by atoms with Crippen molar-refractivity contribution in [3.8, 4) is 16.9 Å². The third kappa shape index (κ3) is 2.30. The van der Waals surface area contributed by atoms with E-state index >= 15 is 0 Å². The van der Waals surface area contributed by atoms with E-state index in [1.165, 1.54) is 0 Å². The van der Waals surface area contributed by atoms with Gasteiger partial charge in [-0.25, -0.2) is 0 Å². The molecule has 0 spiro atoms. The Labute approximate surface area is 128 Å². The van der Waals surface area contributed by atoms with Crippen LogP contribution in [0.2, 0.25) is 5.02 Å². The first kappa shape index (κ1) is 13.7. The van der Waals surface area contributed by atoms with Crippen LogP contribution >= 0.6 is 11.6 Å². The molecule has 0 amide bonds. The van der Waals surface area contributed by atoms with Gasteiger partial charge in [-0.2, -0.15) is 0 Å². The number of hydrogen-bond donors (Lipinski definition) is 1. The molecule has 0 atom stereocenters. The van der Waals surface area contributed by atoms with Crippen molar-refractivity contribution < 1.29 is 4.74 Å². The third-order valence-corrected chi connectivity index (χ3v) is 3.82. The molecule has 3 nitrogen and oxygen atoms in total. The maximum absolute atomic E-state index is 6.31. The van der Waals surface area contributed by atoms with Crippen molar-refractivity contribution in [3.63, 3.8) is 0 Å². The highest BCUT2D eigenvalue weighted by atomic mass is 35.5. The van der Waals surface area contributed by atoms with Crippen LogP contribution < -0.4 is 10.5 Å². The lowest BCUT2D eigenvalue weighted by atomic mass is 9.98. The van der Waals surface area contributed by atoms with Gasteiger partial charge in [0.15, 0.2) is 0 Å². The van der Waals surface area contributed by atoms with Gasteiger partial charge in [-0.05, 0) is 30.7 Å². The number of fused-ring (bicyclic) bond motifs is 1. The van der Waals surface area contributed by atoms with E-state index in [1.807, 2.05) is 37.3 Å². The molecule has 2 N–H and O–H groups in total. The Morgan fingerprint density at radius 2 is 2.00 bits per heavy atom. The summed E-state index contributed by atoms with van der Waals surface area (Å²) >= 11 is 6.31. The molecule has 0 bridgehead atoms. The standard InChI is InChI=1S/C17H15ClN2O/c1-10-5-6-12(14(19)8-10)16-15(21-2)9-13(18)11-4-3-7-20-17(11)16/h3-9H,19H2,1-2H3. The predicted octanol–water partition coefficient (Wildman–Crippen LogP) is 4.45. The summed E-state index contributed by atoms with van der Waals surface area (Å²) in [4.78, 5) is 4.47. The first-order chi connectivity index (χ1) is 10.1. The Balaban J connectivity index is 2.42. The molecule has 0 fully saturated rings. The number of pyridine rings is 1. The van der Waals surface area contributed by atoms with E-state index in [1.54, 1.807) is 19.4 Å². The Bertz CT molecular complexity index is 830. The van der Waals surface area contributed by atoms with E-state index in [4.69, 9.17) is 22.1 Å². The molecular formula is C17H15ClN2O. The van der Waals surface area contributed by atoms with Crippen molar-refractivity contribution in [3.05, 3.63) is 53.2 Å². The highest BCUT2D eigenvalue weighted by Crippen LogP contribution is 2.41. The average Bonchev–Trinajstić information content (AvgIpc) is 2.48. The maximum atomic E-state index is 6.31. The number of aryl methyl sites for hydroxylation is 1. The number of methoxy groups -OCH3 is 1. The molecule has 4 heteroatoms. The van der Waals surface area contributed by atoms with Crippen LogP contribution in [-0.2, 0) is 0 Å². The molecule has 0 unspecified atom stereocenters. The molecule has 0 radical (unpaired) electrons. The number of anilines is 1. The summed E-state index contributed by atoms with van der Waals surface area (Å²) < 4.78 is 5.49. The summed E-state index contributed by atoms with van der Waals surface area (Å²) in [5, 5.41) is 1.50. The van der Waals surface area contributed by atoms with Gasteiger partial charge in [0.05, 0.1) is 23.2 Å². The summed E-state index contributed by atoms with van der Waals surface area (Å²) in [5.41, 5.74) is 10.6. The fourth-order valence-electron chi connectivity index (χ4n) is 2.51. The molecule has 0 saturated carbocycles. The molecular weight excluding hydrogens is 284 g/mol. The highest BCUT2D eigenvalue weighted by molar-refractivity contribution is 6.36. The van der Waals surface area contributed by atoms with Gasteiger partial charge in [0, 0.05) is 28.9 Å². The first-order valence-electron chi connectivity index (χ1n) is 6.59. The summed E-state index contributed by atoms with van der Waals surface area (Å²) in [5.74, 6) is 0.668. The fourth-order valence-corrected chi connectivity index (χ4v) is 2.76. The molecule has 1 aromatic heterocycles. The molecule has 3 aromatic rings. The SMILES string of the molecule is COc1cc(Cl)c2cccnc2c1-c1ccc(C)cc1N. The Kier molecular flexibility index (Phi) is 3.43. The molecule has 106 valence electrons. The smallest absolute Gasteiger partial charge is 0.130 e. The number of rotatable bonds is 2. The number of ether oxygens (including phenoxy) is 1. The molecule has 1 heterocycles. The third-order valence-electron chi connectivity index (χ3n) is 3.50. The van der Waals surface area contributed by atoms with Gasteiger partial charge in [-0.15, -0.1) is 0 Å². The molecule has 2 aromatic carbocycles. The summed E-state index contributed by atoms with van der Waals surface area (Å²) in [6.45, 7) is 2.01.